The Hall–Kier alpha value is -2.34. The van der Waals surface area contributed by atoms with Crippen molar-refractivity contribution in [3.63, 3.8) is 0 Å². The summed E-state index contributed by atoms with van der Waals surface area (Å²) in [5.74, 6) is -2.19. The summed E-state index contributed by atoms with van der Waals surface area (Å²) < 4.78 is 15.9. The van der Waals surface area contributed by atoms with E-state index >= 15 is 0 Å². The minimum atomic E-state index is -0.697. The second kappa shape index (κ2) is 6.19. The molecule has 2 aliphatic carbocycles. The molecule has 6 atom stereocenters. The van der Waals surface area contributed by atoms with Crippen LogP contribution in [0.1, 0.15) is 12.8 Å². The molecule has 1 saturated heterocycles. The van der Waals surface area contributed by atoms with Gasteiger partial charge in [0, 0.05) is 17.9 Å². The van der Waals surface area contributed by atoms with E-state index in [0.717, 1.165) is 5.57 Å². The molecule has 3 fully saturated rings. The van der Waals surface area contributed by atoms with Crippen LogP contribution in [0.25, 0.3) is 0 Å². The minimum absolute atomic E-state index is 0.0805. The van der Waals surface area contributed by atoms with Gasteiger partial charge in [-0.2, -0.15) is 0 Å². The Balaban J connectivity index is 1.96. The average molecular weight is 346 g/mol. The summed E-state index contributed by atoms with van der Waals surface area (Å²) in [7, 11) is 1.33. The van der Waals surface area contributed by atoms with Gasteiger partial charge in [-0.15, -0.1) is 0 Å². The van der Waals surface area contributed by atoms with Crippen molar-refractivity contribution in [3.8, 4) is 0 Å². The number of carbonyl (C=O) groups is 2. The Labute approximate surface area is 146 Å². The number of hydrogen-bond donors (Lipinski definition) is 1. The number of ether oxygens (including phenoxy) is 3. The van der Waals surface area contributed by atoms with Crippen molar-refractivity contribution in [2.45, 2.75) is 31.2 Å². The Morgan fingerprint density at radius 2 is 1.96 bits per heavy atom. The predicted octanol–water partition coefficient (Wildman–Crippen LogP) is 1.67. The van der Waals surface area contributed by atoms with E-state index in [4.69, 9.17) is 14.2 Å². The normalized spacial score (nSPS) is 37.0. The first kappa shape index (κ1) is 17.5. The molecule has 134 valence electrons. The van der Waals surface area contributed by atoms with Gasteiger partial charge in [0.05, 0.1) is 19.1 Å². The fraction of sp³-hybridized carbons (Fsp3) is 0.474. The van der Waals surface area contributed by atoms with Gasteiger partial charge in [0.2, 0.25) is 0 Å². The van der Waals surface area contributed by atoms with E-state index in [-0.39, 0.29) is 23.2 Å². The van der Waals surface area contributed by atoms with Crippen LogP contribution < -0.4 is 0 Å². The second-order valence-corrected chi connectivity index (χ2v) is 6.81. The van der Waals surface area contributed by atoms with E-state index < -0.39 is 36.2 Å². The van der Waals surface area contributed by atoms with Crippen molar-refractivity contribution in [2.75, 3.05) is 7.11 Å². The summed E-state index contributed by atoms with van der Waals surface area (Å²) in [4.78, 5) is 24.2. The summed E-state index contributed by atoms with van der Waals surface area (Å²) >= 11 is 0. The fourth-order valence-corrected chi connectivity index (χ4v) is 4.16. The molecule has 0 aromatic carbocycles. The Bertz CT molecular complexity index is 690. The molecule has 1 N–H and O–H groups in total. The fourth-order valence-electron chi connectivity index (χ4n) is 4.16. The molecule has 0 spiro atoms. The monoisotopic (exact) mass is 346 g/mol. The zero-order valence-corrected chi connectivity index (χ0v) is 14.2. The Morgan fingerprint density at radius 1 is 1.28 bits per heavy atom. The average Bonchev–Trinajstić information content (AvgIpc) is 2.99. The van der Waals surface area contributed by atoms with Crippen molar-refractivity contribution in [3.05, 3.63) is 48.8 Å². The lowest BCUT2D eigenvalue weighted by atomic mass is 9.81. The predicted molar refractivity (Wildman–Crippen MR) is 89.0 cm³/mol. The molecule has 25 heavy (non-hydrogen) atoms. The number of hydrogen-bond acceptors (Lipinski definition) is 6. The maximum atomic E-state index is 12.1. The van der Waals surface area contributed by atoms with Crippen LogP contribution in [0.3, 0.4) is 0 Å². The maximum Gasteiger partial charge on any atom is 0.373 e. The van der Waals surface area contributed by atoms with E-state index in [2.05, 4.69) is 26.3 Å². The molecule has 6 heteroatoms. The van der Waals surface area contributed by atoms with Crippen LogP contribution in [0.15, 0.2) is 48.8 Å². The Kier molecular flexibility index (Phi) is 4.33. The molecule has 6 nitrogen and oxygen atoms in total. The van der Waals surface area contributed by atoms with E-state index in [0.29, 0.717) is 18.4 Å². The number of methoxy groups -OCH3 is 1. The molecule has 1 aliphatic heterocycles. The third kappa shape index (κ3) is 2.70. The van der Waals surface area contributed by atoms with Crippen molar-refractivity contribution in [2.24, 2.45) is 17.8 Å². The third-order valence-corrected chi connectivity index (χ3v) is 5.50. The summed E-state index contributed by atoms with van der Waals surface area (Å²) in [6, 6.07) is 0. The second-order valence-electron chi connectivity index (χ2n) is 6.81. The first-order valence-corrected chi connectivity index (χ1v) is 8.14. The van der Waals surface area contributed by atoms with Crippen LogP contribution >= 0.6 is 0 Å². The molecule has 0 amide bonds. The van der Waals surface area contributed by atoms with Gasteiger partial charge in [0.1, 0.15) is 12.2 Å². The number of carbonyl (C=O) groups excluding carboxylic acids is 2. The van der Waals surface area contributed by atoms with Gasteiger partial charge < -0.3 is 19.3 Å². The molecule has 0 bridgehead atoms. The highest BCUT2D eigenvalue weighted by Crippen LogP contribution is 2.52. The molecule has 1 heterocycles. The number of aliphatic hydroxyl groups excluding tert-OH is 1. The highest BCUT2D eigenvalue weighted by molar-refractivity contribution is 5.91. The minimum Gasteiger partial charge on any atom is -0.490 e. The van der Waals surface area contributed by atoms with Crippen LogP contribution in [0.5, 0.6) is 0 Å². The number of fused-ring (bicyclic) bond motifs is 3. The van der Waals surface area contributed by atoms with Gasteiger partial charge in [-0.3, -0.25) is 0 Å². The van der Waals surface area contributed by atoms with Gasteiger partial charge in [-0.05, 0) is 24.5 Å². The van der Waals surface area contributed by atoms with E-state index in [1.807, 2.05) is 0 Å². The first-order valence-electron chi connectivity index (χ1n) is 8.14. The van der Waals surface area contributed by atoms with Gasteiger partial charge in [0.15, 0.2) is 5.76 Å². The van der Waals surface area contributed by atoms with Gasteiger partial charge >= 0.3 is 11.9 Å². The SMILES string of the molecule is C=C(OC)C(=O)O[C@H]1CC(=C)[C@@H]2C[C@H](O)C(=C)[C@@H]2[C@H]2OC(=O)C(=C)[C@@H]21. The van der Waals surface area contributed by atoms with Crippen LogP contribution in [-0.4, -0.2) is 42.5 Å². The number of rotatable bonds is 3. The van der Waals surface area contributed by atoms with Crippen LogP contribution in [0.2, 0.25) is 0 Å². The number of aliphatic hydroxyl groups is 1. The van der Waals surface area contributed by atoms with Gasteiger partial charge in [-0.25, -0.2) is 9.59 Å². The van der Waals surface area contributed by atoms with Crippen LogP contribution in [0.4, 0.5) is 0 Å². The third-order valence-electron chi connectivity index (χ3n) is 5.50. The molecule has 3 aliphatic rings. The molecule has 2 saturated carbocycles. The molecule has 0 unspecified atom stereocenters. The highest BCUT2D eigenvalue weighted by atomic mass is 16.6. The lowest BCUT2D eigenvalue weighted by Gasteiger charge is -2.28. The topological polar surface area (TPSA) is 82.1 Å². The summed E-state index contributed by atoms with van der Waals surface area (Å²) in [5.41, 5.74) is 1.71. The number of esters is 2. The highest BCUT2D eigenvalue weighted by Gasteiger charge is 2.56. The standard InChI is InChI=1S/C19H22O6/c1-8-6-14(24-19(22)11(4)23-5)16-10(3)18(21)25-17(16)15-9(2)13(20)7-12(8)15/h12-17,20H,1-4,6-7H2,5H3/t12-,13-,14-,15-,16+,17+/m0/s1. The van der Waals surface area contributed by atoms with E-state index in [1.54, 1.807) is 0 Å². The molecule has 0 aromatic rings. The zero-order chi connectivity index (χ0) is 18.5. The van der Waals surface area contributed by atoms with Crippen molar-refractivity contribution < 1.29 is 28.9 Å². The molecular weight excluding hydrogens is 324 g/mol. The quantitative estimate of drug-likeness (QED) is 0.362. The molecular formula is C19H22O6. The smallest absolute Gasteiger partial charge is 0.373 e. The van der Waals surface area contributed by atoms with Crippen LogP contribution in [0, 0.1) is 17.8 Å². The largest absolute Gasteiger partial charge is 0.490 e. The molecule has 0 aromatic heterocycles. The zero-order valence-electron chi connectivity index (χ0n) is 14.2. The Morgan fingerprint density at radius 3 is 2.60 bits per heavy atom. The van der Waals surface area contributed by atoms with Crippen LogP contribution in [-0.2, 0) is 23.8 Å². The lowest BCUT2D eigenvalue weighted by molar-refractivity contribution is -0.151. The van der Waals surface area contributed by atoms with E-state index in [9.17, 15) is 14.7 Å². The summed E-state index contributed by atoms with van der Waals surface area (Å²) in [6.45, 7) is 15.4. The molecule has 0 radical (unpaired) electrons. The lowest BCUT2D eigenvalue weighted by Crippen LogP contribution is -2.36. The molecule has 3 rings (SSSR count). The first-order chi connectivity index (χ1) is 11.8. The van der Waals surface area contributed by atoms with Gasteiger partial charge in [0.25, 0.3) is 0 Å². The van der Waals surface area contributed by atoms with Crippen molar-refractivity contribution in [1.29, 1.82) is 0 Å². The maximum absolute atomic E-state index is 12.1. The van der Waals surface area contributed by atoms with Crippen molar-refractivity contribution >= 4 is 11.9 Å². The van der Waals surface area contributed by atoms with E-state index in [1.165, 1.54) is 7.11 Å². The van der Waals surface area contributed by atoms with Gasteiger partial charge in [-0.1, -0.05) is 25.3 Å². The van der Waals surface area contributed by atoms with Crippen molar-refractivity contribution in [1.82, 2.24) is 0 Å². The summed E-state index contributed by atoms with van der Waals surface area (Å²) in [6.07, 6.45) is -1.08. The summed E-state index contributed by atoms with van der Waals surface area (Å²) in [5, 5.41) is 10.2.